The van der Waals surface area contributed by atoms with E-state index in [9.17, 15) is 9.18 Å². The summed E-state index contributed by atoms with van der Waals surface area (Å²) in [5.74, 6) is -0.0554. The Kier molecular flexibility index (Phi) is 3.03. The number of nitrogens with zero attached hydrogens (tertiary/aromatic N) is 2. The van der Waals surface area contributed by atoms with Crippen LogP contribution in [-0.4, -0.2) is 16.0 Å². The van der Waals surface area contributed by atoms with Crippen LogP contribution in [0, 0.1) is 0 Å². The molecular formula is C10H16FN3O2. The summed E-state index contributed by atoms with van der Waals surface area (Å²) in [7, 11) is 0. The second-order valence-electron chi connectivity index (χ2n) is 4.70. The summed E-state index contributed by atoms with van der Waals surface area (Å²) in [4.78, 5) is 14.9. The molecule has 0 aliphatic rings. The highest BCUT2D eigenvalue weighted by atomic mass is 19.1. The highest BCUT2D eigenvalue weighted by Gasteiger charge is 2.32. The second-order valence-corrected chi connectivity index (χ2v) is 4.70. The first-order chi connectivity index (χ1) is 7.13. The second kappa shape index (κ2) is 3.84. The zero-order valence-electron chi connectivity index (χ0n) is 10.1. The summed E-state index contributed by atoms with van der Waals surface area (Å²) >= 11 is 0. The molecule has 0 radical (unpaired) electrons. The Bertz CT molecular complexity index is 393. The highest BCUT2D eigenvalue weighted by Crippen LogP contribution is 2.25. The summed E-state index contributed by atoms with van der Waals surface area (Å²) in [6, 6.07) is 0. The van der Waals surface area contributed by atoms with Gasteiger partial charge in [-0.05, 0) is 27.7 Å². The molecule has 6 heteroatoms. The van der Waals surface area contributed by atoms with Crippen LogP contribution in [0.4, 0.5) is 4.39 Å². The fourth-order valence-corrected chi connectivity index (χ4v) is 1.21. The SMILES string of the molecule is CC(=O)NC(C)(C)c1noc(C(C)(C)F)n1. The number of carbonyl (C=O) groups is 1. The molecule has 1 aromatic heterocycles. The Morgan fingerprint density at radius 2 is 1.94 bits per heavy atom. The molecule has 1 heterocycles. The minimum atomic E-state index is -1.68. The fraction of sp³-hybridized carbons (Fsp3) is 0.700. The van der Waals surface area contributed by atoms with Crippen LogP contribution in [-0.2, 0) is 16.0 Å². The summed E-state index contributed by atoms with van der Waals surface area (Å²) in [6.45, 7) is 7.48. The van der Waals surface area contributed by atoms with Crippen molar-refractivity contribution in [1.82, 2.24) is 15.5 Å². The predicted molar refractivity (Wildman–Crippen MR) is 55.3 cm³/mol. The third kappa shape index (κ3) is 2.77. The predicted octanol–water partition coefficient (Wildman–Crippen LogP) is 1.65. The van der Waals surface area contributed by atoms with Gasteiger partial charge in [-0.15, -0.1) is 0 Å². The molecule has 0 fully saturated rings. The van der Waals surface area contributed by atoms with Gasteiger partial charge in [0.1, 0.15) is 0 Å². The maximum Gasteiger partial charge on any atom is 0.263 e. The minimum absolute atomic E-state index is 0.0964. The molecule has 0 spiro atoms. The first-order valence-electron chi connectivity index (χ1n) is 4.95. The molecular weight excluding hydrogens is 213 g/mol. The van der Waals surface area contributed by atoms with Crippen molar-refractivity contribution in [2.75, 3.05) is 0 Å². The van der Waals surface area contributed by atoms with Crippen LogP contribution in [0.3, 0.4) is 0 Å². The standard InChI is InChI=1S/C10H16FN3O2/c1-6(15)13-10(4,5)7-12-8(16-14-7)9(2,3)11/h1-5H3,(H,13,15). The van der Waals surface area contributed by atoms with E-state index in [0.29, 0.717) is 0 Å². The van der Waals surface area contributed by atoms with E-state index in [1.807, 2.05) is 0 Å². The largest absolute Gasteiger partial charge is 0.344 e. The molecule has 5 nitrogen and oxygen atoms in total. The van der Waals surface area contributed by atoms with Crippen molar-refractivity contribution < 1.29 is 13.7 Å². The summed E-state index contributed by atoms with van der Waals surface area (Å²) in [5, 5.41) is 6.32. The van der Waals surface area contributed by atoms with Crippen molar-refractivity contribution in [2.45, 2.75) is 45.8 Å². The molecule has 0 saturated carbocycles. The monoisotopic (exact) mass is 229 g/mol. The van der Waals surface area contributed by atoms with E-state index in [1.54, 1.807) is 13.8 Å². The number of halogens is 1. The van der Waals surface area contributed by atoms with Gasteiger partial charge in [0.2, 0.25) is 5.91 Å². The summed E-state index contributed by atoms with van der Waals surface area (Å²) < 4.78 is 18.3. The van der Waals surface area contributed by atoms with E-state index in [0.717, 1.165) is 0 Å². The molecule has 1 N–H and O–H groups in total. The van der Waals surface area contributed by atoms with Gasteiger partial charge in [-0.1, -0.05) is 5.16 Å². The Morgan fingerprint density at radius 3 is 2.31 bits per heavy atom. The number of hydrogen-bond donors (Lipinski definition) is 1. The van der Waals surface area contributed by atoms with Gasteiger partial charge in [-0.3, -0.25) is 4.79 Å². The number of amides is 1. The highest BCUT2D eigenvalue weighted by molar-refractivity contribution is 5.73. The van der Waals surface area contributed by atoms with Gasteiger partial charge < -0.3 is 9.84 Å². The average molecular weight is 229 g/mol. The van der Waals surface area contributed by atoms with Gasteiger partial charge in [0.15, 0.2) is 11.5 Å². The van der Waals surface area contributed by atoms with Crippen LogP contribution >= 0.6 is 0 Å². The Balaban J connectivity index is 2.97. The molecule has 0 atom stereocenters. The van der Waals surface area contributed by atoms with E-state index < -0.39 is 11.2 Å². The van der Waals surface area contributed by atoms with Crippen molar-refractivity contribution in [3.8, 4) is 0 Å². The topological polar surface area (TPSA) is 68.0 Å². The van der Waals surface area contributed by atoms with E-state index in [4.69, 9.17) is 4.52 Å². The molecule has 0 unspecified atom stereocenters. The Labute approximate surface area is 93.4 Å². The quantitative estimate of drug-likeness (QED) is 0.855. The number of nitrogens with one attached hydrogen (secondary N) is 1. The number of rotatable bonds is 3. The van der Waals surface area contributed by atoms with Crippen LogP contribution in [0.25, 0.3) is 0 Å². The lowest BCUT2D eigenvalue weighted by molar-refractivity contribution is -0.120. The van der Waals surface area contributed by atoms with Crippen molar-refractivity contribution in [2.24, 2.45) is 0 Å². The van der Waals surface area contributed by atoms with Gasteiger partial charge in [0.25, 0.3) is 5.89 Å². The van der Waals surface area contributed by atoms with Crippen LogP contribution in [0.5, 0.6) is 0 Å². The number of aromatic nitrogens is 2. The first-order valence-corrected chi connectivity index (χ1v) is 4.95. The Morgan fingerprint density at radius 1 is 1.38 bits per heavy atom. The van der Waals surface area contributed by atoms with Crippen LogP contribution in [0.1, 0.15) is 46.3 Å². The maximum absolute atomic E-state index is 13.5. The van der Waals surface area contributed by atoms with E-state index in [1.165, 1.54) is 20.8 Å². The normalized spacial score (nSPS) is 12.6. The molecule has 90 valence electrons. The maximum atomic E-state index is 13.5. The van der Waals surface area contributed by atoms with Gasteiger partial charge in [0, 0.05) is 6.92 Å². The third-order valence-corrected chi connectivity index (χ3v) is 1.98. The fourth-order valence-electron chi connectivity index (χ4n) is 1.21. The van der Waals surface area contributed by atoms with Crippen molar-refractivity contribution in [3.63, 3.8) is 0 Å². The van der Waals surface area contributed by atoms with E-state index in [2.05, 4.69) is 15.5 Å². The molecule has 16 heavy (non-hydrogen) atoms. The Hall–Kier alpha value is -1.46. The van der Waals surface area contributed by atoms with Crippen LogP contribution < -0.4 is 5.32 Å². The molecule has 1 rings (SSSR count). The molecule has 0 aliphatic carbocycles. The lowest BCUT2D eigenvalue weighted by Crippen LogP contribution is -2.40. The van der Waals surface area contributed by atoms with Crippen molar-refractivity contribution in [3.05, 3.63) is 11.7 Å². The van der Waals surface area contributed by atoms with Gasteiger partial charge in [-0.2, -0.15) is 4.98 Å². The first kappa shape index (κ1) is 12.6. The van der Waals surface area contributed by atoms with E-state index in [-0.39, 0.29) is 17.6 Å². The zero-order valence-corrected chi connectivity index (χ0v) is 10.1. The lowest BCUT2D eigenvalue weighted by atomic mass is 10.0. The number of alkyl halides is 1. The van der Waals surface area contributed by atoms with Gasteiger partial charge in [0.05, 0.1) is 5.54 Å². The molecule has 1 amide bonds. The summed E-state index contributed by atoms with van der Waals surface area (Å²) in [5.41, 5.74) is -2.46. The minimum Gasteiger partial charge on any atom is -0.344 e. The average Bonchev–Trinajstić information content (AvgIpc) is 2.47. The summed E-state index contributed by atoms with van der Waals surface area (Å²) in [6.07, 6.45) is 0. The molecule has 0 bridgehead atoms. The smallest absolute Gasteiger partial charge is 0.263 e. The van der Waals surface area contributed by atoms with Gasteiger partial charge >= 0.3 is 0 Å². The van der Waals surface area contributed by atoms with Gasteiger partial charge in [-0.25, -0.2) is 4.39 Å². The lowest BCUT2D eigenvalue weighted by Gasteiger charge is -2.21. The van der Waals surface area contributed by atoms with Crippen molar-refractivity contribution >= 4 is 5.91 Å². The van der Waals surface area contributed by atoms with Crippen molar-refractivity contribution in [1.29, 1.82) is 0 Å². The zero-order chi connectivity index (χ0) is 12.6. The molecule has 0 aromatic carbocycles. The van der Waals surface area contributed by atoms with Crippen LogP contribution in [0.15, 0.2) is 4.52 Å². The molecule has 1 aromatic rings. The molecule has 0 saturated heterocycles. The number of hydrogen-bond acceptors (Lipinski definition) is 4. The van der Waals surface area contributed by atoms with E-state index >= 15 is 0 Å². The third-order valence-electron chi connectivity index (χ3n) is 1.98. The number of carbonyl (C=O) groups excluding carboxylic acids is 1. The molecule has 0 aliphatic heterocycles. The van der Waals surface area contributed by atoms with Crippen LogP contribution in [0.2, 0.25) is 0 Å².